The topological polar surface area (TPSA) is 101 Å². The van der Waals surface area contributed by atoms with Crippen LogP contribution in [0.1, 0.15) is 43.6 Å². The summed E-state index contributed by atoms with van der Waals surface area (Å²) in [5.74, 6) is -0.440. The molecular weight excluding hydrogens is 492 g/mol. The molecule has 1 amide bonds. The van der Waals surface area contributed by atoms with Crippen LogP contribution in [0.25, 0.3) is 16.7 Å². The van der Waals surface area contributed by atoms with E-state index in [0.29, 0.717) is 43.4 Å². The van der Waals surface area contributed by atoms with Crippen molar-refractivity contribution in [3.8, 4) is 5.69 Å². The van der Waals surface area contributed by atoms with Crippen LogP contribution in [0, 0.1) is 5.92 Å². The number of hydrogen-bond acceptors (Lipinski definition) is 5. The van der Waals surface area contributed by atoms with Gasteiger partial charge in [-0.25, -0.2) is 4.98 Å². The highest BCUT2D eigenvalue weighted by molar-refractivity contribution is 5.80. The van der Waals surface area contributed by atoms with Crippen molar-refractivity contribution < 1.29 is 15.0 Å². The maximum absolute atomic E-state index is 13.6. The predicted octanol–water partition coefficient (Wildman–Crippen LogP) is 3.49. The van der Waals surface area contributed by atoms with Gasteiger partial charge in [-0.1, -0.05) is 55.0 Å². The number of amides is 1. The molecule has 3 atom stereocenters. The van der Waals surface area contributed by atoms with E-state index in [1.807, 2.05) is 76.3 Å². The molecule has 2 aliphatic rings. The van der Waals surface area contributed by atoms with Crippen LogP contribution in [-0.4, -0.2) is 59.9 Å². The molecule has 2 aromatic heterocycles. The minimum Gasteiger partial charge on any atom is -0.392 e. The number of para-hydroxylation sites is 1. The Labute approximate surface area is 227 Å². The lowest BCUT2D eigenvalue weighted by atomic mass is 9.72. The summed E-state index contributed by atoms with van der Waals surface area (Å²) in [7, 11) is 0. The Bertz CT molecular complexity index is 1510. The second-order valence-corrected chi connectivity index (χ2v) is 11.0. The van der Waals surface area contributed by atoms with Crippen molar-refractivity contribution in [2.75, 3.05) is 13.1 Å². The van der Waals surface area contributed by atoms with Crippen LogP contribution in [0.5, 0.6) is 0 Å². The van der Waals surface area contributed by atoms with E-state index in [1.54, 1.807) is 6.07 Å². The molecule has 1 saturated heterocycles. The summed E-state index contributed by atoms with van der Waals surface area (Å²) in [6.45, 7) is 0.957. The van der Waals surface area contributed by atoms with Crippen molar-refractivity contribution in [3.05, 3.63) is 95.2 Å². The van der Waals surface area contributed by atoms with Crippen molar-refractivity contribution in [2.45, 2.75) is 56.3 Å². The van der Waals surface area contributed by atoms with E-state index in [2.05, 4.69) is 4.98 Å². The molecule has 8 heteroatoms. The van der Waals surface area contributed by atoms with Crippen LogP contribution < -0.4 is 5.56 Å². The van der Waals surface area contributed by atoms with Gasteiger partial charge in [0.15, 0.2) is 5.65 Å². The normalized spacial score (nSPS) is 23.1. The lowest BCUT2D eigenvalue weighted by Gasteiger charge is -2.42. The summed E-state index contributed by atoms with van der Waals surface area (Å²) in [5, 5.41) is 22.7. The zero-order chi connectivity index (χ0) is 27.0. The number of aliphatic hydroxyl groups is 2. The maximum atomic E-state index is 13.6. The third-order valence-corrected chi connectivity index (χ3v) is 8.54. The van der Waals surface area contributed by atoms with Crippen LogP contribution in [0.3, 0.4) is 0 Å². The minimum absolute atomic E-state index is 0.0483. The fraction of sp³-hybridized carbons (Fsp3) is 0.387. The smallest absolute Gasteiger partial charge is 0.262 e. The number of piperidine rings is 1. The van der Waals surface area contributed by atoms with Crippen molar-refractivity contribution in [3.63, 3.8) is 0 Å². The zero-order valence-electron chi connectivity index (χ0n) is 21.9. The largest absolute Gasteiger partial charge is 0.392 e. The Balaban J connectivity index is 1.15. The quantitative estimate of drug-likeness (QED) is 0.415. The van der Waals surface area contributed by atoms with Gasteiger partial charge in [-0.2, -0.15) is 0 Å². The highest BCUT2D eigenvalue weighted by Crippen LogP contribution is 2.40. The van der Waals surface area contributed by atoms with E-state index >= 15 is 0 Å². The maximum Gasteiger partial charge on any atom is 0.262 e. The third kappa shape index (κ3) is 4.90. The molecule has 0 spiro atoms. The molecule has 6 rings (SSSR count). The van der Waals surface area contributed by atoms with E-state index < -0.39 is 11.7 Å². The molecule has 0 radical (unpaired) electrons. The molecule has 1 aliphatic carbocycles. The number of hydrogen-bond donors (Lipinski definition) is 2. The summed E-state index contributed by atoms with van der Waals surface area (Å²) in [6.07, 6.45) is 5.83. The van der Waals surface area contributed by atoms with Gasteiger partial charge in [0.05, 0.1) is 23.6 Å². The molecule has 0 unspecified atom stereocenters. The molecule has 0 bridgehead atoms. The first-order valence-electron chi connectivity index (χ1n) is 13.8. The molecule has 2 fully saturated rings. The Morgan fingerprint density at radius 2 is 1.67 bits per heavy atom. The molecule has 8 nitrogen and oxygen atoms in total. The summed E-state index contributed by atoms with van der Waals surface area (Å²) in [5.41, 5.74) is 1.21. The standard InChI is InChI=1S/C31H34N4O4/c36-26-13-7-12-24(27(26)22-8-3-1-4-9-22)29(37)33-18-15-31(39,16-19-33)20-34-21-32-28-25(30(34)38)14-17-35(28)23-10-5-2-6-11-23/h1-6,8-11,14,17,21,24,26-27,36,39H,7,12-13,15-16,18-20H2/t24-,26-,27+/m1/s1. The number of carbonyl (C=O) groups is 1. The minimum atomic E-state index is -1.11. The van der Waals surface area contributed by atoms with Gasteiger partial charge < -0.3 is 19.7 Å². The predicted molar refractivity (Wildman–Crippen MR) is 149 cm³/mol. The Morgan fingerprint density at radius 1 is 0.974 bits per heavy atom. The average molecular weight is 527 g/mol. The van der Waals surface area contributed by atoms with E-state index in [4.69, 9.17) is 0 Å². The summed E-state index contributed by atoms with van der Waals surface area (Å²) >= 11 is 0. The van der Waals surface area contributed by atoms with Crippen LogP contribution in [0.4, 0.5) is 0 Å². The fourth-order valence-electron chi connectivity index (χ4n) is 6.40. The number of aliphatic hydroxyl groups excluding tert-OH is 1. The van der Waals surface area contributed by atoms with Crippen molar-refractivity contribution in [2.24, 2.45) is 5.92 Å². The summed E-state index contributed by atoms with van der Waals surface area (Å²) in [6, 6.07) is 21.3. The van der Waals surface area contributed by atoms with E-state index in [1.165, 1.54) is 10.9 Å². The van der Waals surface area contributed by atoms with Gasteiger partial charge >= 0.3 is 0 Å². The Morgan fingerprint density at radius 3 is 2.38 bits per heavy atom. The number of rotatable bonds is 5. The average Bonchev–Trinajstić information content (AvgIpc) is 3.40. The summed E-state index contributed by atoms with van der Waals surface area (Å²) < 4.78 is 3.36. The first kappa shape index (κ1) is 25.5. The first-order valence-corrected chi connectivity index (χ1v) is 13.8. The Hall–Kier alpha value is -3.75. The lowest BCUT2D eigenvalue weighted by Crippen LogP contribution is -2.52. The molecule has 1 saturated carbocycles. The number of fused-ring (bicyclic) bond motifs is 1. The van der Waals surface area contributed by atoms with Gasteiger partial charge in [-0.05, 0) is 49.4 Å². The molecular formula is C31H34N4O4. The molecule has 39 heavy (non-hydrogen) atoms. The fourth-order valence-corrected chi connectivity index (χ4v) is 6.40. The molecule has 3 heterocycles. The SMILES string of the molecule is O=C([C@@H]1CCC[C@@H](O)[C@H]1c1ccccc1)N1CCC(O)(Cn2cnc3c(ccn3-c3ccccc3)c2=O)CC1. The molecule has 202 valence electrons. The van der Waals surface area contributed by atoms with Crippen molar-refractivity contribution in [1.82, 2.24) is 19.0 Å². The van der Waals surface area contributed by atoms with Crippen molar-refractivity contribution >= 4 is 16.9 Å². The second-order valence-electron chi connectivity index (χ2n) is 11.0. The van der Waals surface area contributed by atoms with E-state index in [-0.39, 0.29) is 29.8 Å². The first-order chi connectivity index (χ1) is 18.9. The lowest BCUT2D eigenvalue weighted by molar-refractivity contribution is -0.143. The molecule has 2 N–H and O–H groups in total. The van der Waals surface area contributed by atoms with Crippen LogP contribution in [0.2, 0.25) is 0 Å². The van der Waals surface area contributed by atoms with Crippen LogP contribution >= 0.6 is 0 Å². The van der Waals surface area contributed by atoms with Gasteiger partial charge in [0, 0.05) is 36.8 Å². The number of carbonyl (C=O) groups excluding carboxylic acids is 1. The molecule has 1 aliphatic heterocycles. The van der Waals surface area contributed by atoms with Gasteiger partial charge in [0.2, 0.25) is 5.91 Å². The number of nitrogens with zero attached hydrogens (tertiary/aromatic N) is 4. The van der Waals surface area contributed by atoms with E-state index in [0.717, 1.165) is 24.1 Å². The van der Waals surface area contributed by atoms with Crippen LogP contribution in [-0.2, 0) is 11.3 Å². The van der Waals surface area contributed by atoms with Gasteiger partial charge in [-0.3, -0.25) is 14.2 Å². The third-order valence-electron chi connectivity index (χ3n) is 8.54. The highest BCUT2D eigenvalue weighted by atomic mass is 16.3. The van der Waals surface area contributed by atoms with Gasteiger partial charge in [0.25, 0.3) is 5.56 Å². The number of benzene rings is 2. The number of likely N-dealkylation sites (tertiary alicyclic amines) is 1. The monoisotopic (exact) mass is 526 g/mol. The van der Waals surface area contributed by atoms with Gasteiger partial charge in [-0.15, -0.1) is 0 Å². The second kappa shape index (κ2) is 10.4. The number of aromatic nitrogens is 3. The van der Waals surface area contributed by atoms with E-state index in [9.17, 15) is 19.8 Å². The van der Waals surface area contributed by atoms with Crippen molar-refractivity contribution in [1.29, 1.82) is 0 Å². The highest BCUT2D eigenvalue weighted by Gasteiger charge is 2.42. The van der Waals surface area contributed by atoms with Crippen LogP contribution in [0.15, 0.2) is 84.0 Å². The Kier molecular flexibility index (Phi) is 6.83. The van der Waals surface area contributed by atoms with Gasteiger partial charge in [0.1, 0.15) is 6.33 Å². The molecule has 4 aromatic rings. The molecule has 2 aromatic carbocycles. The zero-order valence-corrected chi connectivity index (χ0v) is 21.9. The summed E-state index contributed by atoms with van der Waals surface area (Å²) in [4.78, 5) is 33.3.